The van der Waals surface area contributed by atoms with Crippen LogP contribution < -0.4 is 9.47 Å². The highest BCUT2D eigenvalue weighted by Gasteiger charge is 2.11. The van der Waals surface area contributed by atoms with Gasteiger partial charge in [0.1, 0.15) is 13.2 Å². The number of aliphatic carboxylic acids is 1. The summed E-state index contributed by atoms with van der Waals surface area (Å²) in [5.74, 6) is 0.365. The quantitative estimate of drug-likeness (QED) is 0.811. The lowest BCUT2D eigenvalue weighted by atomic mass is 10.1. The third-order valence-electron chi connectivity index (χ3n) is 3.24. The molecular formula is C16H19NO5. The van der Waals surface area contributed by atoms with Gasteiger partial charge in [-0.1, -0.05) is 6.07 Å². The van der Waals surface area contributed by atoms with Gasteiger partial charge in [0.05, 0.1) is 0 Å². The van der Waals surface area contributed by atoms with E-state index < -0.39 is 5.97 Å². The number of hydrogen-bond donors (Lipinski definition) is 1. The predicted molar refractivity (Wildman–Crippen MR) is 81.0 cm³/mol. The zero-order valence-electron chi connectivity index (χ0n) is 12.4. The lowest BCUT2D eigenvalue weighted by Gasteiger charge is -2.18. The molecule has 0 radical (unpaired) electrons. The molecule has 22 heavy (non-hydrogen) atoms. The van der Waals surface area contributed by atoms with Crippen LogP contribution >= 0.6 is 0 Å². The van der Waals surface area contributed by atoms with Gasteiger partial charge in [0, 0.05) is 26.1 Å². The molecule has 0 aliphatic carbocycles. The standard InChI is InChI=1S/C16H19NO5/c1-17(8-2-3-16(19)20)15(18)7-5-12-4-6-13-14(11-12)22-10-9-21-13/h4-7,11H,2-3,8-10H2,1H3,(H,19,20). The predicted octanol–water partition coefficient (Wildman–Crippen LogP) is 1.79. The number of rotatable bonds is 6. The summed E-state index contributed by atoms with van der Waals surface area (Å²) in [5.41, 5.74) is 0.844. The maximum absolute atomic E-state index is 11.9. The SMILES string of the molecule is CN(CCCC(=O)O)C(=O)C=Cc1ccc2c(c1)OCCO2. The highest BCUT2D eigenvalue weighted by atomic mass is 16.6. The molecule has 0 saturated carbocycles. The van der Waals surface area contributed by atoms with Crippen LogP contribution in [-0.2, 0) is 9.59 Å². The number of carboxylic acids is 1. The van der Waals surface area contributed by atoms with Crippen molar-refractivity contribution >= 4 is 18.0 Å². The van der Waals surface area contributed by atoms with Gasteiger partial charge >= 0.3 is 5.97 Å². The van der Waals surface area contributed by atoms with Crippen molar-refractivity contribution < 1.29 is 24.2 Å². The molecule has 1 aromatic rings. The van der Waals surface area contributed by atoms with E-state index in [1.165, 1.54) is 11.0 Å². The molecule has 0 unspecified atom stereocenters. The molecule has 0 spiro atoms. The minimum Gasteiger partial charge on any atom is -0.486 e. The summed E-state index contributed by atoms with van der Waals surface area (Å²) in [7, 11) is 1.65. The summed E-state index contributed by atoms with van der Waals surface area (Å²) in [5, 5.41) is 8.57. The molecule has 6 nitrogen and oxygen atoms in total. The first kappa shape index (κ1) is 15.9. The number of nitrogens with zero attached hydrogens (tertiary/aromatic N) is 1. The molecule has 1 aromatic carbocycles. The van der Waals surface area contributed by atoms with Crippen molar-refractivity contribution in [2.45, 2.75) is 12.8 Å². The van der Waals surface area contributed by atoms with Crippen LogP contribution in [-0.4, -0.2) is 48.7 Å². The summed E-state index contributed by atoms with van der Waals surface area (Å²) in [6.07, 6.45) is 3.67. The smallest absolute Gasteiger partial charge is 0.303 e. The number of carbonyl (C=O) groups is 2. The summed E-state index contributed by atoms with van der Waals surface area (Å²) < 4.78 is 10.9. The molecule has 1 heterocycles. The van der Waals surface area contributed by atoms with Crippen LogP contribution in [0.25, 0.3) is 6.08 Å². The minimum absolute atomic E-state index is 0.0590. The fourth-order valence-electron chi connectivity index (χ4n) is 2.04. The molecular weight excluding hydrogens is 286 g/mol. The number of carboxylic acid groups (broad SMARTS) is 1. The molecule has 118 valence electrons. The Bertz CT molecular complexity index is 582. The fraction of sp³-hybridized carbons (Fsp3) is 0.375. The Balaban J connectivity index is 1.90. The Morgan fingerprint density at radius 2 is 2.00 bits per heavy atom. The normalized spacial score (nSPS) is 13.1. The van der Waals surface area contributed by atoms with Crippen LogP contribution in [0.3, 0.4) is 0 Å². The van der Waals surface area contributed by atoms with Crippen LogP contribution in [0.15, 0.2) is 24.3 Å². The van der Waals surface area contributed by atoms with E-state index in [1.807, 2.05) is 18.2 Å². The van der Waals surface area contributed by atoms with Gasteiger partial charge in [-0.3, -0.25) is 9.59 Å². The van der Waals surface area contributed by atoms with Gasteiger partial charge in [-0.05, 0) is 30.2 Å². The summed E-state index contributed by atoms with van der Waals surface area (Å²) >= 11 is 0. The molecule has 0 bridgehead atoms. The summed E-state index contributed by atoms with van der Waals surface area (Å²) in [6.45, 7) is 1.48. The Hall–Kier alpha value is -2.50. The number of hydrogen-bond acceptors (Lipinski definition) is 4. The van der Waals surface area contributed by atoms with Crippen molar-refractivity contribution in [3.8, 4) is 11.5 Å². The number of amides is 1. The maximum Gasteiger partial charge on any atom is 0.303 e. The van der Waals surface area contributed by atoms with Crippen LogP contribution in [0.1, 0.15) is 18.4 Å². The van der Waals surface area contributed by atoms with E-state index >= 15 is 0 Å². The van der Waals surface area contributed by atoms with Crippen molar-refractivity contribution in [1.29, 1.82) is 0 Å². The van der Waals surface area contributed by atoms with E-state index in [0.717, 1.165) is 5.56 Å². The van der Waals surface area contributed by atoms with Crippen LogP contribution in [0.4, 0.5) is 0 Å². The highest BCUT2D eigenvalue weighted by molar-refractivity contribution is 5.91. The van der Waals surface area contributed by atoms with E-state index in [2.05, 4.69) is 0 Å². The summed E-state index contributed by atoms with van der Waals surface area (Å²) in [6, 6.07) is 5.49. The van der Waals surface area contributed by atoms with E-state index in [9.17, 15) is 9.59 Å². The number of carbonyl (C=O) groups excluding carboxylic acids is 1. The molecule has 2 rings (SSSR count). The molecule has 6 heteroatoms. The van der Waals surface area contributed by atoms with Gasteiger partial charge < -0.3 is 19.5 Å². The Labute approximate surface area is 128 Å². The first-order valence-electron chi connectivity index (χ1n) is 7.11. The molecule has 1 N–H and O–H groups in total. The van der Waals surface area contributed by atoms with Gasteiger partial charge in [0.2, 0.25) is 5.91 Å². The largest absolute Gasteiger partial charge is 0.486 e. The maximum atomic E-state index is 11.9. The molecule has 0 atom stereocenters. The van der Waals surface area contributed by atoms with Crippen molar-refractivity contribution in [3.05, 3.63) is 29.8 Å². The molecule has 0 aromatic heterocycles. The van der Waals surface area contributed by atoms with E-state index in [-0.39, 0.29) is 12.3 Å². The third kappa shape index (κ3) is 4.51. The van der Waals surface area contributed by atoms with Crippen LogP contribution in [0.5, 0.6) is 11.5 Å². The Morgan fingerprint density at radius 1 is 1.27 bits per heavy atom. The summed E-state index contributed by atoms with van der Waals surface area (Å²) in [4.78, 5) is 23.9. The fourth-order valence-corrected chi connectivity index (χ4v) is 2.04. The zero-order chi connectivity index (χ0) is 15.9. The molecule has 1 aliphatic heterocycles. The van der Waals surface area contributed by atoms with Crippen LogP contribution in [0, 0.1) is 0 Å². The van der Waals surface area contributed by atoms with Crippen molar-refractivity contribution in [3.63, 3.8) is 0 Å². The monoisotopic (exact) mass is 305 g/mol. The minimum atomic E-state index is -0.854. The second kappa shape index (κ2) is 7.49. The van der Waals surface area contributed by atoms with Crippen molar-refractivity contribution in [2.75, 3.05) is 26.8 Å². The zero-order valence-corrected chi connectivity index (χ0v) is 12.4. The van der Waals surface area contributed by atoms with E-state index in [0.29, 0.717) is 37.7 Å². The number of likely N-dealkylation sites (N-methyl/N-ethyl adjacent to an activating group) is 1. The molecule has 1 aliphatic rings. The topological polar surface area (TPSA) is 76.1 Å². The molecule has 0 saturated heterocycles. The Morgan fingerprint density at radius 3 is 2.73 bits per heavy atom. The van der Waals surface area contributed by atoms with Crippen LogP contribution in [0.2, 0.25) is 0 Å². The average molecular weight is 305 g/mol. The van der Waals surface area contributed by atoms with E-state index in [1.54, 1.807) is 13.1 Å². The van der Waals surface area contributed by atoms with Crippen molar-refractivity contribution in [1.82, 2.24) is 4.90 Å². The second-order valence-corrected chi connectivity index (χ2v) is 4.99. The van der Waals surface area contributed by atoms with Gasteiger partial charge in [-0.15, -0.1) is 0 Å². The first-order valence-corrected chi connectivity index (χ1v) is 7.11. The van der Waals surface area contributed by atoms with Gasteiger partial charge in [0.15, 0.2) is 11.5 Å². The average Bonchev–Trinajstić information content (AvgIpc) is 2.51. The van der Waals surface area contributed by atoms with Gasteiger partial charge in [-0.25, -0.2) is 0 Å². The highest BCUT2D eigenvalue weighted by Crippen LogP contribution is 2.31. The van der Waals surface area contributed by atoms with Crippen molar-refractivity contribution in [2.24, 2.45) is 0 Å². The number of ether oxygens (including phenoxy) is 2. The first-order chi connectivity index (χ1) is 10.6. The third-order valence-corrected chi connectivity index (χ3v) is 3.24. The Kier molecular flexibility index (Phi) is 5.41. The van der Waals surface area contributed by atoms with Gasteiger partial charge in [-0.2, -0.15) is 0 Å². The second-order valence-electron chi connectivity index (χ2n) is 4.99. The number of benzene rings is 1. The lowest BCUT2D eigenvalue weighted by Crippen LogP contribution is -2.26. The van der Waals surface area contributed by atoms with E-state index in [4.69, 9.17) is 14.6 Å². The molecule has 0 fully saturated rings. The molecule has 1 amide bonds. The number of fused-ring (bicyclic) bond motifs is 1. The van der Waals surface area contributed by atoms with Gasteiger partial charge in [0.25, 0.3) is 0 Å². The lowest BCUT2D eigenvalue weighted by molar-refractivity contribution is -0.137.